The third-order valence-electron chi connectivity index (χ3n) is 5.68. The van der Waals surface area contributed by atoms with E-state index in [2.05, 4.69) is 15.3 Å². The largest absolute Gasteiger partial charge is 0.450 e. The standard InChI is InChI=1S/C23H23N5O4S/c1-3-14-11-24-17-18(26-14)19-20(25-12-15(4-2)27-19)23-21(17)28-16-9-5-7-13(22(16)32-23)8-6-10-33(29,30)31/h5,7,9,11-12,28H,3-4,6,8,10H2,1-2H3,(H,29,30,31). The molecule has 10 heteroatoms. The molecule has 4 aromatic rings. The molecule has 2 aromatic carbocycles. The Labute approximate surface area is 191 Å². The van der Waals surface area contributed by atoms with Crippen LogP contribution < -0.4 is 10.1 Å². The number of aryl methyl sites for hydroxylation is 3. The van der Waals surface area contributed by atoms with E-state index in [0.717, 1.165) is 35.5 Å². The maximum absolute atomic E-state index is 11.1. The summed E-state index contributed by atoms with van der Waals surface area (Å²) in [4.78, 5) is 18.9. The Morgan fingerprint density at radius 1 is 0.939 bits per heavy atom. The van der Waals surface area contributed by atoms with Gasteiger partial charge in [0, 0.05) is 12.4 Å². The van der Waals surface area contributed by atoms with Crippen LogP contribution in [0.1, 0.15) is 37.2 Å². The maximum Gasteiger partial charge on any atom is 0.264 e. The van der Waals surface area contributed by atoms with Gasteiger partial charge in [-0.2, -0.15) is 8.42 Å². The molecule has 170 valence electrons. The molecule has 2 aromatic heterocycles. The zero-order valence-electron chi connectivity index (χ0n) is 18.3. The van der Waals surface area contributed by atoms with Gasteiger partial charge in [0.15, 0.2) is 11.5 Å². The number of rotatable bonds is 6. The van der Waals surface area contributed by atoms with Crippen molar-refractivity contribution in [2.24, 2.45) is 0 Å². The monoisotopic (exact) mass is 465 g/mol. The molecule has 0 saturated carbocycles. The van der Waals surface area contributed by atoms with Gasteiger partial charge in [-0.15, -0.1) is 0 Å². The van der Waals surface area contributed by atoms with Crippen LogP contribution in [0, 0.1) is 0 Å². The zero-order chi connectivity index (χ0) is 23.2. The van der Waals surface area contributed by atoms with E-state index in [-0.39, 0.29) is 12.2 Å². The van der Waals surface area contributed by atoms with E-state index in [1.165, 1.54) is 0 Å². The molecule has 9 nitrogen and oxygen atoms in total. The van der Waals surface area contributed by atoms with E-state index in [4.69, 9.17) is 19.3 Å². The van der Waals surface area contributed by atoms with Crippen LogP contribution in [0.15, 0.2) is 30.6 Å². The number of nitrogens with one attached hydrogen (secondary N) is 1. The van der Waals surface area contributed by atoms with Crippen LogP contribution in [-0.4, -0.2) is 38.7 Å². The van der Waals surface area contributed by atoms with Crippen molar-refractivity contribution in [1.82, 2.24) is 19.9 Å². The fraction of sp³-hybridized carbons (Fsp3) is 0.304. The number of hydrogen-bond acceptors (Lipinski definition) is 8. The van der Waals surface area contributed by atoms with Gasteiger partial charge >= 0.3 is 0 Å². The van der Waals surface area contributed by atoms with Crippen molar-refractivity contribution in [3.05, 3.63) is 47.5 Å². The van der Waals surface area contributed by atoms with Gasteiger partial charge in [0.05, 0.1) is 22.8 Å². The summed E-state index contributed by atoms with van der Waals surface area (Å²) in [6.07, 6.45) is 5.69. The molecule has 5 rings (SSSR count). The molecule has 33 heavy (non-hydrogen) atoms. The molecule has 1 aliphatic rings. The fourth-order valence-corrected chi connectivity index (χ4v) is 4.50. The average molecular weight is 466 g/mol. The quantitative estimate of drug-likeness (QED) is 0.277. The maximum atomic E-state index is 11.1. The van der Waals surface area contributed by atoms with Gasteiger partial charge in [-0.1, -0.05) is 26.0 Å². The Balaban J connectivity index is 1.67. The zero-order valence-corrected chi connectivity index (χ0v) is 19.1. The summed E-state index contributed by atoms with van der Waals surface area (Å²) in [5, 5.41) is 3.43. The minimum Gasteiger partial charge on any atom is -0.450 e. The first-order valence-corrected chi connectivity index (χ1v) is 12.5. The molecule has 0 unspecified atom stereocenters. The van der Waals surface area contributed by atoms with Crippen LogP contribution >= 0.6 is 0 Å². The molecule has 0 radical (unpaired) electrons. The Bertz CT molecular complexity index is 1500. The summed E-state index contributed by atoms with van der Waals surface area (Å²) in [5.41, 5.74) is 6.51. The highest BCUT2D eigenvalue weighted by atomic mass is 32.2. The number of anilines is 2. The average Bonchev–Trinajstić information content (AvgIpc) is 2.82. The first-order chi connectivity index (χ1) is 15.9. The summed E-state index contributed by atoms with van der Waals surface area (Å²) in [6, 6.07) is 5.65. The summed E-state index contributed by atoms with van der Waals surface area (Å²) < 4.78 is 37.7. The van der Waals surface area contributed by atoms with Gasteiger partial charge in [-0.3, -0.25) is 9.54 Å². The normalized spacial score (nSPS) is 12.8. The van der Waals surface area contributed by atoms with Crippen LogP contribution in [0.5, 0.6) is 11.5 Å². The van der Waals surface area contributed by atoms with E-state index in [1.54, 1.807) is 12.4 Å². The van der Waals surface area contributed by atoms with Gasteiger partial charge in [0.25, 0.3) is 10.1 Å². The van der Waals surface area contributed by atoms with Crippen molar-refractivity contribution >= 4 is 43.6 Å². The Kier molecular flexibility index (Phi) is 5.34. The Morgan fingerprint density at radius 2 is 1.61 bits per heavy atom. The number of fused-ring (bicyclic) bond motifs is 7. The second kappa shape index (κ2) is 8.20. The molecule has 0 aliphatic carbocycles. The van der Waals surface area contributed by atoms with E-state index in [0.29, 0.717) is 45.7 Å². The van der Waals surface area contributed by atoms with Crippen molar-refractivity contribution in [2.75, 3.05) is 11.1 Å². The minimum absolute atomic E-state index is 0.273. The smallest absolute Gasteiger partial charge is 0.264 e. The lowest BCUT2D eigenvalue weighted by Crippen LogP contribution is -2.10. The second-order valence-corrected chi connectivity index (χ2v) is 9.51. The number of hydrogen-bond donors (Lipinski definition) is 2. The molecular weight excluding hydrogens is 442 g/mol. The van der Waals surface area contributed by atoms with Crippen molar-refractivity contribution in [1.29, 1.82) is 0 Å². The third-order valence-corrected chi connectivity index (χ3v) is 6.49. The van der Waals surface area contributed by atoms with E-state index >= 15 is 0 Å². The highest BCUT2D eigenvalue weighted by molar-refractivity contribution is 7.85. The van der Waals surface area contributed by atoms with Crippen molar-refractivity contribution in [2.45, 2.75) is 39.5 Å². The van der Waals surface area contributed by atoms with Gasteiger partial charge in [-0.25, -0.2) is 15.0 Å². The van der Waals surface area contributed by atoms with Crippen LogP contribution in [0.3, 0.4) is 0 Å². The second-order valence-electron chi connectivity index (χ2n) is 7.94. The molecule has 0 fully saturated rings. The number of nitrogens with zero attached hydrogens (tertiary/aromatic N) is 4. The van der Waals surface area contributed by atoms with Crippen LogP contribution in [0.2, 0.25) is 0 Å². The van der Waals surface area contributed by atoms with E-state index in [9.17, 15) is 8.42 Å². The molecule has 1 aliphatic heterocycles. The number of ether oxygens (including phenoxy) is 1. The summed E-state index contributed by atoms with van der Waals surface area (Å²) in [5.74, 6) is 0.802. The van der Waals surface area contributed by atoms with Gasteiger partial charge in [0.1, 0.15) is 27.8 Å². The molecule has 2 N–H and O–H groups in total. The van der Waals surface area contributed by atoms with Crippen molar-refractivity contribution in [3.8, 4) is 11.5 Å². The van der Waals surface area contributed by atoms with Crippen LogP contribution in [0.4, 0.5) is 11.4 Å². The highest BCUT2D eigenvalue weighted by Crippen LogP contribution is 2.49. The third kappa shape index (κ3) is 3.96. The van der Waals surface area contributed by atoms with E-state index < -0.39 is 10.1 Å². The van der Waals surface area contributed by atoms with Gasteiger partial charge in [-0.05, 0) is 37.3 Å². The summed E-state index contributed by atoms with van der Waals surface area (Å²) in [7, 11) is -4.02. The molecule has 3 heterocycles. The van der Waals surface area contributed by atoms with Crippen LogP contribution in [-0.2, 0) is 29.4 Å². The summed E-state index contributed by atoms with van der Waals surface area (Å²) in [6.45, 7) is 4.05. The topological polar surface area (TPSA) is 127 Å². The molecule has 0 saturated heterocycles. The number of benzene rings is 2. The predicted molar refractivity (Wildman–Crippen MR) is 126 cm³/mol. The van der Waals surface area contributed by atoms with Crippen LogP contribution in [0.25, 0.3) is 22.1 Å². The first kappa shape index (κ1) is 21.5. The van der Waals surface area contributed by atoms with Crippen molar-refractivity contribution in [3.63, 3.8) is 0 Å². The lowest BCUT2D eigenvalue weighted by molar-refractivity contribution is 0.474. The van der Waals surface area contributed by atoms with E-state index in [1.807, 2.05) is 32.0 Å². The Morgan fingerprint density at radius 3 is 2.27 bits per heavy atom. The van der Waals surface area contributed by atoms with Crippen molar-refractivity contribution < 1.29 is 17.7 Å². The summed E-state index contributed by atoms with van der Waals surface area (Å²) >= 11 is 0. The first-order valence-electron chi connectivity index (χ1n) is 10.9. The minimum atomic E-state index is -4.02. The lowest BCUT2D eigenvalue weighted by atomic mass is 10.1. The molecule has 0 atom stereocenters. The fourth-order valence-electron chi connectivity index (χ4n) is 3.99. The molecular formula is C23H23N5O4S. The molecule has 0 amide bonds. The van der Waals surface area contributed by atoms with Gasteiger partial charge in [0.2, 0.25) is 0 Å². The highest BCUT2D eigenvalue weighted by Gasteiger charge is 2.27. The molecule has 0 bridgehead atoms. The predicted octanol–water partition coefficient (Wildman–Crippen LogP) is 4.37. The number of para-hydroxylation sites is 1. The van der Waals surface area contributed by atoms with Gasteiger partial charge < -0.3 is 10.1 Å². The number of aromatic nitrogens is 4. The lowest BCUT2D eigenvalue weighted by Gasteiger charge is -2.25. The SMILES string of the molecule is CCc1cnc2c3c(c4ncc(CC)nc4c2n1)Oc1c(CCCS(=O)(=O)O)cccc1N3. The Hall–Kier alpha value is -3.37. The molecule has 0 spiro atoms.